The van der Waals surface area contributed by atoms with Crippen LogP contribution in [0.1, 0.15) is 50.6 Å². The van der Waals surface area contributed by atoms with Crippen molar-refractivity contribution < 1.29 is 0 Å². The quantitative estimate of drug-likeness (QED) is 0.920. The molecular formula is C17H23N3. The van der Waals surface area contributed by atoms with E-state index < -0.39 is 0 Å². The number of hydrogen-bond donors (Lipinski definition) is 1. The third kappa shape index (κ3) is 3.54. The smallest absolute Gasteiger partial charge is 0.0890 e. The van der Waals surface area contributed by atoms with Gasteiger partial charge in [0, 0.05) is 12.6 Å². The van der Waals surface area contributed by atoms with E-state index in [0.29, 0.717) is 6.04 Å². The van der Waals surface area contributed by atoms with Crippen LogP contribution in [0.25, 0.3) is 11.0 Å². The highest BCUT2D eigenvalue weighted by molar-refractivity contribution is 5.73. The minimum atomic E-state index is 0.656. The second-order valence-electron chi connectivity index (χ2n) is 5.77. The molecular weight excluding hydrogens is 246 g/mol. The molecule has 0 aliphatic heterocycles. The lowest BCUT2D eigenvalue weighted by molar-refractivity contribution is 0.387. The van der Waals surface area contributed by atoms with Crippen molar-refractivity contribution >= 4 is 11.0 Å². The highest BCUT2D eigenvalue weighted by Gasteiger charge is 2.11. The SMILES string of the molecule is c1ccc2nc(CNC3CCCCCCC3)cnc2c1. The van der Waals surface area contributed by atoms with Crippen LogP contribution in [0.5, 0.6) is 0 Å². The fourth-order valence-electron chi connectivity index (χ4n) is 2.99. The van der Waals surface area contributed by atoms with Crippen molar-refractivity contribution in [2.24, 2.45) is 0 Å². The van der Waals surface area contributed by atoms with E-state index in [-0.39, 0.29) is 0 Å². The number of nitrogens with zero attached hydrogens (tertiary/aromatic N) is 2. The average molecular weight is 269 g/mol. The molecule has 2 aromatic rings. The molecule has 1 aliphatic carbocycles. The number of benzene rings is 1. The third-order valence-corrected chi connectivity index (χ3v) is 4.18. The Morgan fingerprint density at radius 2 is 1.65 bits per heavy atom. The molecule has 3 rings (SSSR count). The Labute approximate surface area is 120 Å². The average Bonchev–Trinajstić information content (AvgIpc) is 2.46. The molecule has 106 valence electrons. The monoisotopic (exact) mass is 269 g/mol. The zero-order valence-corrected chi connectivity index (χ0v) is 12.0. The van der Waals surface area contributed by atoms with Gasteiger partial charge >= 0.3 is 0 Å². The van der Waals surface area contributed by atoms with Gasteiger partial charge in [0.2, 0.25) is 0 Å². The molecule has 3 nitrogen and oxygen atoms in total. The first-order chi connectivity index (χ1) is 9.92. The molecule has 0 saturated heterocycles. The van der Waals surface area contributed by atoms with E-state index in [1.807, 2.05) is 30.5 Å². The molecule has 3 heteroatoms. The lowest BCUT2D eigenvalue weighted by Crippen LogP contribution is -2.29. The molecule has 1 heterocycles. The standard InChI is InChI=1S/C17H23N3/c1-2-4-8-14(9-5-3-1)18-12-15-13-19-16-10-6-7-11-17(16)20-15/h6-7,10-11,13-14,18H,1-5,8-9,12H2. The predicted molar refractivity (Wildman–Crippen MR) is 82.5 cm³/mol. The maximum absolute atomic E-state index is 4.68. The summed E-state index contributed by atoms with van der Waals surface area (Å²) in [5, 5.41) is 3.67. The Kier molecular flexibility index (Phi) is 4.59. The molecule has 0 amide bonds. The zero-order valence-electron chi connectivity index (χ0n) is 12.0. The van der Waals surface area contributed by atoms with Crippen molar-refractivity contribution in [2.75, 3.05) is 0 Å². The number of para-hydroxylation sites is 2. The van der Waals surface area contributed by atoms with Crippen molar-refractivity contribution in [1.29, 1.82) is 0 Å². The number of aromatic nitrogens is 2. The van der Waals surface area contributed by atoms with Crippen LogP contribution in [0, 0.1) is 0 Å². The third-order valence-electron chi connectivity index (χ3n) is 4.18. The van der Waals surface area contributed by atoms with Crippen LogP contribution < -0.4 is 5.32 Å². The maximum Gasteiger partial charge on any atom is 0.0890 e. The van der Waals surface area contributed by atoms with Crippen molar-refractivity contribution in [2.45, 2.75) is 57.5 Å². The van der Waals surface area contributed by atoms with E-state index in [1.54, 1.807) is 0 Å². The minimum Gasteiger partial charge on any atom is -0.308 e. The molecule has 0 atom stereocenters. The normalized spacial score (nSPS) is 17.8. The van der Waals surface area contributed by atoms with Gasteiger partial charge in [0.25, 0.3) is 0 Å². The van der Waals surface area contributed by atoms with Gasteiger partial charge in [-0.2, -0.15) is 0 Å². The van der Waals surface area contributed by atoms with Gasteiger partial charge in [0.1, 0.15) is 0 Å². The zero-order chi connectivity index (χ0) is 13.6. The van der Waals surface area contributed by atoms with E-state index in [9.17, 15) is 0 Å². The first-order valence-electron chi connectivity index (χ1n) is 7.86. The van der Waals surface area contributed by atoms with Crippen LogP contribution in [0.3, 0.4) is 0 Å². The van der Waals surface area contributed by atoms with Crippen LogP contribution >= 0.6 is 0 Å². The Morgan fingerprint density at radius 1 is 0.950 bits per heavy atom. The van der Waals surface area contributed by atoms with Crippen molar-refractivity contribution in [1.82, 2.24) is 15.3 Å². The molecule has 1 N–H and O–H groups in total. The molecule has 1 fully saturated rings. The van der Waals surface area contributed by atoms with E-state index in [2.05, 4.69) is 15.3 Å². The van der Waals surface area contributed by atoms with E-state index in [1.165, 1.54) is 44.9 Å². The first-order valence-corrected chi connectivity index (χ1v) is 7.86. The van der Waals surface area contributed by atoms with Gasteiger partial charge in [0.05, 0.1) is 22.9 Å². The Bertz CT molecular complexity index is 545. The molecule has 20 heavy (non-hydrogen) atoms. The fourth-order valence-corrected chi connectivity index (χ4v) is 2.99. The largest absolute Gasteiger partial charge is 0.308 e. The number of fused-ring (bicyclic) bond motifs is 1. The fraction of sp³-hybridized carbons (Fsp3) is 0.529. The second-order valence-corrected chi connectivity index (χ2v) is 5.77. The molecule has 1 aromatic carbocycles. The van der Waals surface area contributed by atoms with Crippen molar-refractivity contribution in [3.05, 3.63) is 36.2 Å². The Hall–Kier alpha value is -1.48. The van der Waals surface area contributed by atoms with Crippen molar-refractivity contribution in [3.63, 3.8) is 0 Å². The summed E-state index contributed by atoms with van der Waals surface area (Å²) in [6.07, 6.45) is 11.5. The molecule has 1 aliphatic rings. The number of hydrogen-bond acceptors (Lipinski definition) is 3. The van der Waals surface area contributed by atoms with Crippen LogP contribution in [0.4, 0.5) is 0 Å². The summed E-state index contributed by atoms with van der Waals surface area (Å²) >= 11 is 0. The second kappa shape index (κ2) is 6.80. The molecule has 0 bridgehead atoms. The van der Waals surface area contributed by atoms with Gasteiger partial charge in [-0.15, -0.1) is 0 Å². The summed E-state index contributed by atoms with van der Waals surface area (Å²) < 4.78 is 0. The first kappa shape index (κ1) is 13.5. The van der Waals surface area contributed by atoms with Crippen LogP contribution in [-0.4, -0.2) is 16.0 Å². The minimum absolute atomic E-state index is 0.656. The summed E-state index contributed by atoms with van der Waals surface area (Å²) in [6, 6.07) is 8.71. The number of rotatable bonds is 3. The highest BCUT2D eigenvalue weighted by atomic mass is 14.9. The van der Waals surface area contributed by atoms with Gasteiger partial charge in [-0.1, -0.05) is 44.2 Å². The Balaban J connectivity index is 1.60. The van der Waals surface area contributed by atoms with Gasteiger partial charge in [-0.3, -0.25) is 4.98 Å². The summed E-state index contributed by atoms with van der Waals surface area (Å²) in [5.74, 6) is 0. The summed E-state index contributed by atoms with van der Waals surface area (Å²) in [4.78, 5) is 9.15. The van der Waals surface area contributed by atoms with E-state index >= 15 is 0 Å². The maximum atomic E-state index is 4.68. The van der Waals surface area contributed by atoms with Crippen LogP contribution in [-0.2, 0) is 6.54 Å². The molecule has 0 spiro atoms. The molecule has 1 saturated carbocycles. The van der Waals surface area contributed by atoms with E-state index in [0.717, 1.165) is 23.3 Å². The van der Waals surface area contributed by atoms with Crippen LogP contribution in [0.2, 0.25) is 0 Å². The number of nitrogens with one attached hydrogen (secondary N) is 1. The lowest BCUT2D eigenvalue weighted by Gasteiger charge is -2.20. The summed E-state index contributed by atoms with van der Waals surface area (Å²) in [6.45, 7) is 0.836. The van der Waals surface area contributed by atoms with Crippen molar-refractivity contribution in [3.8, 4) is 0 Å². The molecule has 0 radical (unpaired) electrons. The summed E-state index contributed by atoms with van der Waals surface area (Å²) in [7, 11) is 0. The topological polar surface area (TPSA) is 37.8 Å². The highest BCUT2D eigenvalue weighted by Crippen LogP contribution is 2.17. The lowest BCUT2D eigenvalue weighted by atomic mass is 9.97. The van der Waals surface area contributed by atoms with E-state index in [4.69, 9.17) is 0 Å². The van der Waals surface area contributed by atoms with Gasteiger partial charge in [0.15, 0.2) is 0 Å². The molecule has 1 aromatic heterocycles. The van der Waals surface area contributed by atoms with Gasteiger partial charge in [-0.25, -0.2) is 4.98 Å². The van der Waals surface area contributed by atoms with Gasteiger partial charge < -0.3 is 5.32 Å². The van der Waals surface area contributed by atoms with Gasteiger partial charge in [-0.05, 0) is 25.0 Å². The molecule has 0 unspecified atom stereocenters. The van der Waals surface area contributed by atoms with Crippen LogP contribution in [0.15, 0.2) is 30.5 Å². The Morgan fingerprint density at radius 3 is 2.45 bits per heavy atom. The predicted octanol–water partition coefficient (Wildman–Crippen LogP) is 3.83. The summed E-state index contributed by atoms with van der Waals surface area (Å²) in [5.41, 5.74) is 3.01.